The zero-order chi connectivity index (χ0) is 22.5. The monoisotopic (exact) mass is 459 g/mol. The second-order valence-corrected chi connectivity index (χ2v) is 8.74. The maximum absolute atomic E-state index is 13.1. The van der Waals surface area contributed by atoms with Gasteiger partial charge in [-0.05, 0) is 37.6 Å². The van der Waals surface area contributed by atoms with Gasteiger partial charge in [0.1, 0.15) is 5.02 Å². The normalized spacial score (nSPS) is 18.4. The van der Waals surface area contributed by atoms with Gasteiger partial charge < -0.3 is 15.4 Å². The lowest BCUT2D eigenvalue weighted by Crippen LogP contribution is -2.51. The predicted molar refractivity (Wildman–Crippen MR) is 124 cm³/mol. The highest BCUT2D eigenvalue weighted by Gasteiger charge is 2.27. The Morgan fingerprint density at radius 1 is 1.22 bits per heavy atom. The third kappa shape index (κ3) is 5.66. The molecular weight excluding hydrogens is 430 g/mol. The number of nitrogens with zero attached hydrogens (tertiary/aromatic N) is 5. The van der Waals surface area contributed by atoms with Crippen LogP contribution in [0.5, 0.6) is 0 Å². The largest absolute Gasteiger partial charge is 0.381 e. The molecule has 1 aromatic heterocycles. The minimum Gasteiger partial charge on any atom is -0.381 e. The van der Waals surface area contributed by atoms with Crippen LogP contribution in [0, 0.1) is 0 Å². The molecule has 0 radical (unpaired) electrons. The van der Waals surface area contributed by atoms with Crippen molar-refractivity contribution in [2.75, 3.05) is 57.2 Å². The van der Waals surface area contributed by atoms with Crippen LogP contribution in [-0.2, 0) is 11.3 Å². The van der Waals surface area contributed by atoms with Crippen LogP contribution in [0.1, 0.15) is 28.8 Å². The Labute approximate surface area is 193 Å². The van der Waals surface area contributed by atoms with Crippen molar-refractivity contribution in [3.8, 4) is 0 Å². The average molecular weight is 460 g/mol. The lowest BCUT2D eigenvalue weighted by Gasteiger charge is -2.35. The lowest BCUT2D eigenvalue weighted by molar-refractivity contribution is 0.0775. The molecule has 172 valence electrons. The van der Waals surface area contributed by atoms with E-state index in [2.05, 4.69) is 32.2 Å². The van der Waals surface area contributed by atoms with Gasteiger partial charge in [-0.3, -0.25) is 20.1 Å². The van der Waals surface area contributed by atoms with Crippen molar-refractivity contribution in [2.45, 2.75) is 25.4 Å². The fourth-order valence-corrected chi connectivity index (χ4v) is 4.18. The highest BCUT2D eigenvalue weighted by molar-refractivity contribution is 6.32. The number of carbonyl (C=O) groups is 1. The van der Waals surface area contributed by atoms with Gasteiger partial charge >= 0.3 is 0 Å². The molecule has 2 aliphatic rings. The number of hydrazine groups is 1. The molecule has 0 aliphatic carbocycles. The number of likely N-dealkylation sites (N-methyl/N-ethyl adjacent to an activating group) is 1. The summed E-state index contributed by atoms with van der Waals surface area (Å²) in [5, 5.41) is 2.04. The van der Waals surface area contributed by atoms with E-state index < -0.39 is 0 Å². The maximum atomic E-state index is 13.1. The number of hydrogen-bond acceptors (Lipinski definition) is 8. The van der Waals surface area contributed by atoms with Crippen LogP contribution in [0.4, 0.5) is 11.8 Å². The zero-order valence-electron chi connectivity index (χ0n) is 18.3. The Bertz CT molecular complexity index is 913. The van der Waals surface area contributed by atoms with E-state index in [1.807, 2.05) is 24.3 Å². The minimum absolute atomic E-state index is 0.00370. The average Bonchev–Trinajstić information content (AvgIpc) is 2.81. The summed E-state index contributed by atoms with van der Waals surface area (Å²) in [7, 11) is 2.15. The first-order chi connectivity index (χ1) is 15.5. The third-order valence-corrected chi connectivity index (χ3v) is 6.24. The first kappa shape index (κ1) is 22.7. The van der Waals surface area contributed by atoms with E-state index in [1.54, 1.807) is 5.01 Å². The number of aromatic nitrogens is 2. The van der Waals surface area contributed by atoms with E-state index in [0.717, 1.165) is 45.6 Å². The molecule has 2 aromatic rings. The molecule has 0 unspecified atom stereocenters. The number of anilines is 2. The fourth-order valence-electron chi connectivity index (χ4n) is 4.00. The molecule has 0 spiro atoms. The Morgan fingerprint density at radius 2 is 1.91 bits per heavy atom. The minimum atomic E-state index is -0.226. The number of halogens is 1. The molecule has 2 saturated heterocycles. The number of rotatable bonds is 6. The van der Waals surface area contributed by atoms with Crippen LogP contribution >= 0.6 is 11.6 Å². The van der Waals surface area contributed by atoms with Crippen molar-refractivity contribution in [3.63, 3.8) is 0 Å². The number of hydrogen-bond donors (Lipinski definition) is 2. The van der Waals surface area contributed by atoms with Crippen molar-refractivity contribution < 1.29 is 9.53 Å². The van der Waals surface area contributed by atoms with Crippen molar-refractivity contribution in [3.05, 3.63) is 46.6 Å². The topological polar surface area (TPSA) is 99.9 Å². The molecule has 3 heterocycles. The number of nitrogen functional groups attached to an aromatic ring is 1. The molecule has 0 saturated carbocycles. The number of carbonyl (C=O) groups excluding carboxylic acids is 1. The number of piperazine rings is 1. The standard InChI is InChI=1S/C22H30ClN7O2/c1-28-8-10-29(11-9-28)15-16-2-4-17(5-3-16)21(31)27-30(18-6-12-32-13-7-18)20-19(23)14-25-22(24)26-20/h2-5,14,18H,6-13,15H2,1H3,(H,27,31)(H2,24,25,26). The van der Waals surface area contributed by atoms with Gasteiger partial charge in [-0.2, -0.15) is 4.98 Å². The molecule has 9 nitrogen and oxygen atoms in total. The van der Waals surface area contributed by atoms with E-state index in [4.69, 9.17) is 22.1 Å². The highest BCUT2D eigenvalue weighted by Crippen LogP contribution is 2.27. The fraction of sp³-hybridized carbons (Fsp3) is 0.500. The molecule has 3 N–H and O–H groups in total. The Balaban J connectivity index is 1.46. The summed E-state index contributed by atoms with van der Waals surface area (Å²) >= 11 is 6.35. The quantitative estimate of drug-likeness (QED) is 0.631. The van der Waals surface area contributed by atoms with Crippen molar-refractivity contribution >= 4 is 29.3 Å². The predicted octanol–water partition coefficient (Wildman–Crippen LogP) is 1.79. The van der Waals surface area contributed by atoms with Gasteiger partial charge in [0.15, 0.2) is 5.82 Å². The molecule has 0 atom stereocenters. The van der Waals surface area contributed by atoms with E-state index in [9.17, 15) is 4.79 Å². The molecule has 4 rings (SSSR count). The van der Waals surface area contributed by atoms with Crippen molar-refractivity contribution in [1.29, 1.82) is 0 Å². The number of nitrogens with two attached hydrogens (primary N) is 1. The van der Waals surface area contributed by atoms with E-state index in [-0.39, 0.29) is 17.9 Å². The lowest BCUT2D eigenvalue weighted by atomic mass is 10.1. The molecule has 0 bridgehead atoms. The van der Waals surface area contributed by atoms with Crippen LogP contribution in [0.25, 0.3) is 0 Å². The Kier molecular flexibility index (Phi) is 7.41. The number of benzene rings is 1. The second kappa shape index (κ2) is 10.4. The Morgan fingerprint density at radius 3 is 2.59 bits per heavy atom. The van der Waals surface area contributed by atoms with Gasteiger partial charge in [0, 0.05) is 51.5 Å². The van der Waals surface area contributed by atoms with Crippen molar-refractivity contribution in [1.82, 2.24) is 25.2 Å². The summed E-state index contributed by atoms with van der Waals surface area (Å²) in [5.74, 6) is 0.269. The van der Waals surface area contributed by atoms with Gasteiger partial charge in [-0.25, -0.2) is 4.98 Å². The number of nitrogens with one attached hydrogen (secondary N) is 1. The van der Waals surface area contributed by atoms with Crippen LogP contribution in [-0.4, -0.2) is 78.2 Å². The van der Waals surface area contributed by atoms with Crippen LogP contribution in [0.15, 0.2) is 30.5 Å². The summed E-state index contributed by atoms with van der Waals surface area (Å²) in [6.07, 6.45) is 2.93. The first-order valence-corrected chi connectivity index (χ1v) is 11.3. The van der Waals surface area contributed by atoms with Gasteiger partial charge in [0.05, 0.1) is 12.2 Å². The second-order valence-electron chi connectivity index (χ2n) is 8.33. The van der Waals surface area contributed by atoms with Gasteiger partial charge in [0.2, 0.25) is 5.95 Å². The summed E-state index contributed by atoms with van der Waals surface area (Å²) in [5.41, 5.74) is 10.5. The summed E-state index contributed by atoms with van der Waals surface area (Å²) in [6, 6.07) is 7.75. The SMILES string of the molecule is CN1CCN(Cc2ccc(C(=O)NN(c3nc(N)ncc3Cl)C3CCOCC3)cc2)CC1. The molecule has 1 aromatic carbocycles. The molecule has 32 heavy (non-hydrogen) atoms. The smallest absolute Gasteiger partial charge is 0.269 e. The molecule has 10 heteroatoms. The highest BCUT2D eigenvalue weighted by atomic mass is 35.5. The van der Waals surface area contributed by atoms with E-state index in [1.165, 1.54) is 11.8 Å². The Hall–Kier alpha value is -2.46. The van der Waals surface area contributed by atoms with E-state index >= 15 is 0 Å². The van der Waals surface area contributed by atoms with E-state index in [0.29, 0.717) is 29.6 Å². The zero-order valence-corrected chi connectivity index (χ0v) is 19.1. The summed E-state index contributed by atoms with van der Waals surface area (Å²) in [4.78, 5) is 26.1. The van der Waals surface area contributed by atoms with Gasteiger partial charge in [-0.15, -0.1) is 0 Å². The third-order valence-electron chi connectivity index (χ3n) is 5.97. The summed E-state index contributed by atoms with van der Waals surface area (Å²) in [6.45, 7) is 6.38. The van der Waals surface area contributed by atoms with Gasteiger partial charge in [-0.1, -0.05) is 23.7 Å². The number of amides is 1. The van der Waals surface area contributed by atoms with Crippen LogP contribution < -0.4 is 16.2 Å². The molecular formula is C22H30ClN7O2. The number of ether oxygens (including phenoxy) is 1. The van der Waals surface area contributed by atoms with Crippen LogP contribution in [0.2, 0.25) is 5.02 Å². The molecule has 2 aliphatic heterocycles. The summed E-state index contributed by atoms with van der Waals surface area (Å²) < 4.78 is 5.47. The maximum Gasteiger partial charge on any atom is 0.269 e. The van der Waals surface area contributed by atoms with Crippen LogP contribution in [0.3, 0.4) is 0 Å². The molecule has 1 amide bonds. The molecule has 2 fully saturated rings. The first-order valence-electron chi connectivity index (χ1n) is 11.0. The van der Waals surface area contributed by atoms with Gasteiger partial charge in [0.25, 0.3) is 5.91 Å². The van der Waals surface area contributed by atoms with Crippen molar-refractivity contribution in [2.24, 2.45) is 0 Å².